The first kappa shape index (κ1) is 11.0. The molecule has 2 aromatic rings. The molecule has 2 nitrogen and oxygen atoms in total. The van der Waals surface area contributed by atoms with Crippen molar-refractivity contribution in [2.24, 2.45) is 0 Å². The van der Waals surface area contributed by atoms with E-state index in [0.717, 1.165) is 12.1 Å². The summed E-state index contributed by atoms with van der Waals surface area (Å²) < 4.78 is 42.4. The van der Waals surface area contributed by atoms with Crippen molar-refractivity contribution in [3.05, 3.63) is 35.6 Å². The number of benzene rings is 1. The first-order chi connectivity index (χ1) is 7.38. The molecule has 0 spiro atoms. The number of alkyl halides is 3. The third-order valence-corrected chi connectivity index (χ3v) is 2.27. The van der Waals surface area contributed by atoms with Gasteiger partial charge in [0.05, 0.1) is 5.56 Å². The predicted molar refractivity (Wildman–Crippen MR) is 51.8 cm³/mol. The molecule has 1 atom stereocenters. The summed E-state index contributed by atoms with van der Waals surface area (Å²) in [5, 5.41) is 9.58. The molecule has 2 rings (SSSR count). The summed E-state index contributed by atoms with van der Waals surface area (Å²) >= 11 is 0. The Morgan fingerprint density at radius 2 is 1.94 bits per heavy atom. The Bertz CT molecular complexity index is 511. The van der Waals surface area contributed by atoms with Gasteiger partial charge in [-0.1, -0.05) is 0 Å². The van der Waals surface area contributed by atoms with Crippen LogP contribution >= 0.6 is 0 Å². The van der Waals surface area contributed by atoms with Crippen molar-refractivity contribution >= 4 is 11.0 Å². The first-order valence-electron chi connectivity index (χ1n) is 4.66. The van der Waals surface area contributed by atoms with Crippen LogP contribution in [-0.4, -0.2) is 5.11 Å². The van der Waals surface area contributed by atoms with Crippen LogP contribution in [0, 0.1) is 0 Å². The fourth-order valence-corrected chi connectivity index (χ4v) is 1.45. The lowest BCUT2D eigenvalue weighted by Crippen LogP contribution is -2.03. The van der Waals surface area contributed by atoms with Gasteiger partial charge in [-0.05, 0) is 31.2 Å². The molecule has 0 aliphatic rings. The van der Waals surface area contributed by atoms with Gasteiger partial charge in [-0.3, -0.25) is 0 Å². The third kappa shape index (κ3) is 1.90. The normalized spacial score (nSPS) is 14.3. The van der Waals surface area contributed by atoms with E-state index in [1.807, 2.05) is 0 Å². The fraction of sp³-hybridized carbons (Fsp3) is 0.273. The highest BCUT2D eigenvalue weighted by atomic mass is 19.4. The molecule has 1 unspecified atom stereocenters. The van der Waals surface area contributed by atoms with E-state index >= 15 is 0 Å². The van der Waals surface area contributed by atoms with Gasteiger partial charge in [-0.25, -0.2) is 0 Å². The van der Waals surface area contributed by atoms with Gasteiger partial charge in [-0.2, -0.15) is 13.2 Å². The molecule has 1 aromatic carbocycles. The van der Waals surface area contributed by atoms with Crippen LogP contribution in [0.25, 0.3) is 11.0 Å². The smallest absolute Gasteiger partial charge is 0.416 e. The maximum absolute atomic E-state index is 12.4. The number of aliphatic hydroxyl groups excluding tert-OH is 1. The molecule has 0 saturated heterocycles. The highest BCUT2D eigenvalue weighted by Gasteiger charge is 2.30. The van der Waals surface area contributed by atoms with Crippen molar-refractivity contribution in [1.29, 1.82) is 0 Å². The van der Waals surface area contributed by atoms with E-state index in [0.29, 0.717) is 11.0 Å². The minimum atomic E-state index is -4.36. The van der Waals surface area contributed by atoms with E-state index in [4.69, 9.17) is 4.42 Å². The number of halogens is 3. The van der Waals surface area contributed by atoms with Crippen LogP contribution in [0.2, 0.25) is 0 Å². The van der Waals surface area contributed by atoms with Crippen LogP contribution in [0.4, 0.5) is 13.2 Å². The van der Waals surface area contributed by atoms with Gasteiger partial charge < -0.3 is 9.52 Å². The molecule has 16 heavy (non-hydrogen) atoms. The second kappa shape index (κ2) is 3.52. The molecule has 0 amide bonds. The lowest BCUT2D eigenvalue weighted by molar-refractivity contribution is -0.137. The molecule has 0 radical (unpaired) electrons. The molecule has 5 heteroatoms. The average Bonchev–Trinajstić information content (AvgIpc) is 2.58. The third-order valence-electron chi connectivity index (χ3n) is 2.27. The van der Waals surface area contributed by atoms with Crippen LogP contribution in [0.15, 0.2) is 28.7 Å². The van der Waals surface area contributed by atoms with Crippen molar-refractivity contribution in [2.75, 3.05) is 0 Å². The van der Waals surface area contributed by atoms with Gasteiger partial charge in [0.1, 0.15) is 17.4 Å². The minimum absolute atomic E-state index is 0.259. The molecule has 0 fully saturated rings. The zero-order valence-electron chi connectivity index (χ0n) is 8.38. The zero-order chi connectivity index (χ0) is 11.9. The first-order valence-corrected chi connectivity index (χ1v) is 4.66. The largest absolute Gasteiger partial charge is 0.458 e. The molecule has 1 aromatic heterocycles. The highest BCUT2D eigenvalue weighted by molar-refractivity contribution is 5.79. The van der Waals surface area contributed by atoms with E-state index in [9.17, 15) is 18.3 Å². The van der Waals surface area contributed by atoms with Gasteiger partial charge in [0.25, 0.3) is 0 Å². The molecule has 86 valence electrons. The van der Waals surface area contributed by atoms with Crippen LogP contribution < -0.4 is 0 Å². The van der Waals surface area contributed by atoms with Gasteiger partial charge >= 0.3 is 6.18 Å². The van der Waals surface area contributed by atoms with Crippen LogP contribution in [0.3, 0.4) is 0 Å². The molecule has 0 aliphatic heterocycles. The molecular weight excluding hydrogens is 221 g/mol. The summed E-state index contributed by atoms with van der Waals surface area (Å²) in [5.41, 5.74) is -0.387. The van der Waals surface area contributed by atoms with Gasteiger partial charge in [-0.15, -0.1) is 0 Å². The number of furan rings is 1. The Balaban J connectivity index is 2.54. The van der Waals surface area contributed by atoms with Crippen LogP contribution in [0.1, 0.15) is 24.4 Å². The maximum atomic E-state index is 12.4. The topological polar surface area (TPSA) is 33.4 Å². The fourth-order valence-electron chi connectivity index (χ4n) is 1.45. The molecule has 1 N–H and O–H groups in total. The molecule has 0 bridgehead atoms. The average molecular weight is 230 g/mol. The SMILES string of the molecule is CC(O)c1cc2cc(C(F)(F)F)ccc2o1. The van der Waals surface area contributed by atoms with Crippen molar-refractivity contribution in [3.8, 4) is 0 Å². The summed E-state index contributed by atoms with van der Waals surface area (Å²) in [7, 11) is 0. The Morgan fingerprint density at radius 3 is 2.50 bits per heavy atom. The maximum Gasteiger partial charge on any atom is 0.416 e. The zero-order valence-corrected chi connectivity index (χ0v) is 8.38. The van der Waals surface area contributed by atoms with Gasteiger partial charge in [0.2, 0.25) is 0 Å². The summed E-state index contributed by atoms with van der Waals surface area (Å²) in [6.07, 6.45) is -5.20. The molecule has 1 heterocycles. The number of fused-ring (bicyclic) bond motifs is 1. The summed E-state index contributed by atoms with van der Waals surface area (Å²) in [5.74, 6) is 0.259. The monoisotopic (exact) mass is 230 g/mol. The second-order valence-corrected chi connectivity index (χ2v) is 3.58. The quantitative estimate of drug-likeness (QED) is 0.813. The number of aliphatic hydroxyl groups is 1. The van der Waals surface area contributed by atoms with Crippen molar-refractivity contribution in [3.63, 3.8) is 0 Å². The van der Waals surface area contributed by atoms with E-state index in [2.05, 4.69) is 0 Å². The van der Waals surface area contributed by atoms with Crippen molar-refractivity contribution in [1.82, 2.24) is 0 Å². The van der Waals surface area contributed by atoms with E-state index in [1.54, 1.807) is 0 Å². The summed E-state index contributed by atoms with van der Waals surface area (Å²) in [6, 6.07) is 4.63. The summed E-state index contributed by atoms with van der Waals surface area (Å²) in [4.78, 5) is 0. The van der Waals surface area contributed by atoms with Gasteiger partial charge in [0.15, 0.2) is 0 Å². The Labute approximate surface area is 89.3 Å². The Hall–Kier alpha value is -1.49. The second-order valence-electron chi connectivity index (χ2n) is 3.58. The summed E-state index contributed by atoms with van der Waals surface area (Å²) in [6.45, 7) is 1.49. The number of hydrogen-bond acceptors (Lipinski definition) is 2. The predicted octanol–water partition coefficient (Wildman–Crippen LogP) is 3.50. The van der Waals surface area contributed by atoms with E-state index < -0.39 is 17.8 Å². The Morgan fingerprint density at radius 1 is 1.25 bits per heavy atom. The Kier molecular flexibility index (Phi) is 2.42. The lowest BCUT2D eigenvalue weighted by Gasteiger charge is -2.04. The highest BCUT2D eigenvalue weighted by Crippen LogP contribution is 2.33. The lowest BCUT2D eigenvalue weighted by atomic mass is 10.1. The number of hydrogen-bond donors (Lipinski definition) is 1. The van der Waals surface area contributed by atoms with E-state index in [1.165, 1.54) is 19.1 Å². The van der Waals surface area contributed by atoms with E-state index in [-0.39, 0.29) is 5.76 Å². The molecule has 0 saturated carbocycles. The van der Waals surface area contributed by atoms with Crippen molar-refractivity contribution < 1.29 is 22.7 Å². The van der Waals surface area contributed by atoms with Crippen LogP contribution in [0.5, 0.6) is 0 Å². The van der Waals surface area contributed by atoms with Crippen LogP contribution in [-0.2, 0) is 6.18 Å². The molecular formula is C11H9F3O2. The number of rotatable bonds is 1. The standard InChI is InChI=1S/C11H9F3O2/c1-6(15)10-5-7-4-8(11(12,13)14)2-3-9(7)16-10/h2-6,15H,1H3. The van der Waals surface area contributed by atoms with Crippen molar-refractivity contribution in [2.45, 2.75) is 19.2 Å². The molecule has 0 aliphatic carbocycles. The van der Waals surface area contributed by atoms with Gasteiger partial charge in [0, 0.05) is 5.39 Å². The minimum Gasteiger partial charge on any atom is -0.458 e.